The fourth-order valence-corrected chi connectivity index (χ4v) is 3.66. The Balaban J connectivity index is 1.58. The Kier molecular flexibility index (Phi) is 4.90. The van der Waals surface area contributed by atoms with Crippen LogP contribution in [0, 0.1) is 11.8 Å². The normalized spacial score (nSPS) is 29.1. The molecule has 1 aliphatic heterocycles. The van der Waals surface area contributed by atoms with Crippen molar-refractivity contribution in [3.8, 4) is 0 Å². The maximum atomic E-state index is 12.6. The van der Waals surface area contributed by atoms with Crippen LogP contribution in [0.2, 0.25) is 0 Å². The number of hydrogen-bond donors (Lipinski definition) is 1. The number of carbonyl (C=O) groups excluding carboxylic acids is 1. The smallest absolute Gasteiger partial charge is 0.225 e. The molecular formula is C17H26N4O. The molecule has 1 amide bonds. The van der Waals surface area contributed by atoms with E-state index < -0.39 is 0 Å². The Morgan fingerprint density at radius 3 is 2.73 bits per heavy atom. The van der Waals surface area contributed by atoms with Gasteiger partial charge in [-0.3, -0.25) is 4.79 Å². The standard InChI is InChI=1S/C17H26N4O/c1-13-6-2-3-8-15(13)20-16(22)14-7-4-11-21(12-14)17-18-9-5-10-19-17/h5,9-10,13-15H,2-4,6-8,11-12H2,1H3,(H,20,22)/t13-,14-,15-/m1/s1. The summed E-state index contributed by atoms with van der Waals surface area (Å²) < 4.78 is 0. The van der Waals surface area contributed by atoms with E-state index in [2.05, 4.69) is 27.1 Å². The highest BCUT2D eigenvalue weighted by Gasteiger charge is 2.30. The van der Waals surface area contributed by atoms with Gasteiger partial charge in [-0.25, -0.2) is 9.97 Å². The molecule has 1 saturated heterocycles. The lowest BCUT2D eigenvalue weighted by molar-refractivity contribution is -0.126. The molecule has 2 fully saturated rings. The quantitative estimate of drug-likeness (QED) is 0.931. The van der Waals surface area contributed by atoms with E-state index >= 15 is 0 Å². The van der Waals surface area contributed by atoms with Gasteiger partial charge in [-0.05, 0) is 37.7 Å². The number of amides is 1. The van der Waals surface area contributed by atoms with E-state index in [4.69, 9.17) is 0 Å². The molecule has 2 heterocycles. The molecule has 5 nitrogen and oxygen atoms in total. The fraction of sp³-hybridized carbons (Fsp3) is 0.706. The van der Waals surface area contributed by atoms with Gasteiger partial charge in [-0.2, -0.15) is 0 Å². The maximum absolute atomic E-state index is 12.6. The van der Waals surface area contributed by atoms with Crippen molar-refractivity contribution in [3.63, 3.8) is 0 Å². The third kappa shape index (κ3) is 3.57. The first kappa shape index (κ1) is 15.3. The first-order valence-corrected chi connectivity index (χ1v) is 8.56. The minimum absolute atomic E-state index is 0.0617. The minimum Gasteiger partial charge on any atom is -0.353 e. The van der Waals surface area contributed by atoms with Crippen LogP contribution >= 0.6 is 0 Å². The van der Waals surface area contributed by atoms with Crippen molar-refractivity contribution < 1.29 is 4.79 Å². The summed E-state index contributed by atoms with van der Waals surface area (Å²) in [7, 11) is 0. The molecule has 1 saturated carbocycles. The molecule has 1 aromatic rings. The Hall–Kier alpha value is -1.65. The van der Waals surface area contributed by atoms with Gasteiger partial charge in [0.1, 0.15) is 0 Å². The van der Waals surface area contributed by atoms with Gasteiger partial charge in [0.05, 0.1) is 5.92 Å². The van der Waals surface area contributed by atoms with Crippen LogP contribution in [0.4, 0.5) is 5.95 Å². The van der Waals surface area contributed by atoms with Gasteiger partial charge >= 0.3 is 0 Å². The van der Waals surface area contributed by atoms with Gasteiger partial charge in [0, 0.05) is 31.5 Å². The molecule has 1 aliphatic carbocycles. The van der Waals surface area contributed by atoms with Gasteiger partial charge in [0.15, 0.2) is 0 Å². The van der Waals surface area contributed by atoms with Crippen LogP contribution < -0.4 is 10.2 Å². The van der Waals surface area contributed by atoms with Gasteiger partial charge in [0.2, 0.25) is 11.9 Å². The number of aromatic nitrogens is 2. The molecule has 0 radical (unpaired) electrons. The summed E-state index contributed by atoms with van der Waals surface area (Å²) in [5, 5.41) is 3.30. The lowest BCUT2D eigenvalue weighted by atomic mass is 9.85. The zero-order valence-corrected chi connectivity index (χ0v) is 13.4. The van der Waals surface area contributed by atoms with Gasteiger partial charge < -0.3 is 10.2 Å². The first-order valence-electron chi connectivity index (χ1n) is 8.56. The minimum atomic E-state index is 0.0617. The van der Waals surface area contributed by atoms with E-state index in [9.17, 15) is 4.79 Å². The van der Waals surface area contributed by atoms with Crippen LogP contribution in [-0.2, 0) is 4.79 Å². The van der Waals surface area contributed by atoms with Crippen molar-refractivity contribution in [2.24, 2.45) is 11.8 Å². The topological polar surface area (TPSA) is 58.1 Å². The molecule has 1 aromatic heterocycles. The van der Waals surface area contributed by atoms with Crippen LogP contribution in [0.15, 0.2) is 18.5 Å². The second-order valence-corrected chi connectivity index (χ2v) is 6.71. The van der Waals surface area contributed by atoms with E-state index in [1.54, 1.807) is 12.4 Å². The lowest BCUT2D eigenvalue weighted by Gasteiger charge is -2.35. The summed E-state index contributed by atoms with van der Waals surface area (Å²) in [5.41, 5.74) is 0. The van der Waals surface area contributed by atoms with Crippen molar-refractivity contribution in [3.05, 3.63) is 18.5 Å². The average Bonchev–Trinajstić information content (AvgIpc) is 2.58. The van der Waals surface area contributed by atoms with Gasteiger partial charge in [-0.1, -0.05) is 19.8 Å². The van der Waals surface area contributed by atoms with Crippen molar-refractivity contribution in [1.29, 1.82) is 0 Å². The highest BCUT2D eigenvalue weighted by Crippen LogP contribution is 2.25. The number of carbonyl (C=O) groups is 1. The molecule has 2 aliphatic rings. The summed E-state index contributed by atoms with van der Waals surface area (Å²) in [6, 6.07) is 2.19. The average molecular weight is 302 g/mol. The van der Waals surface area contributed by atoms with Crippen molar-refractivity contribution in [1.82, 2.24) is 15.3 Å². The van der Waals surface area contributed by atoms with Gasteiger partial charge in [-0.15, -0.1) is 0 Å². The summed E-state index contributed by atoms with van der Waals surface area (Å²) >= 11 is 0. The molecular weight excluding hydrogens is 276 g/mol. The number of piperidine rings is 1. The van der Waals surface area contributed by atoms with E-state index in [0.29, 0.717) is 12.0 Å². The summed E-state index contributed by atoms with van der Waals surface area (Å²) in [6.07, 6.45) is 10.4. The van der Waals surface area contributed by atoms with Crippen molar-refractivity contribution in [2.45, 2.75) is 51.5 Å². The predicted molar refractivity (Wildman–Crippen MR) is 86.5 cm³/mol. The molecule has 5 heteroatoms. The molecule has 3 rings (SSSR count). The molecule has 3 atom stereocenters. The van der Waals surface area contributed by atoms with E-state index in [0.717, 1.165) is 38.3 Å². The largest absolute Gasteiger partial charge is 0.353 e. The van der Waals surface area contributed by atoms with Crippen molar-refractivity contribution in [2.75, 3.05) is 18.0 Å². The Morgan fingerprint density at radius 1 is 1.18 bits per heavy atom. The maximum Gasteiger partial charge on any atom is 0.225 e. The van der Waals surface area contributed by atoms with Crippen LogP contribution in [0.1, 0.15) is 45.4 Å². The molecule has 0 aromatic carbocycles. The number of anilines is 1. The third-order valence-corrected chi connectivity index (χ3v) is 5.07. The zero-order valence-electron chi connectivity index (χ0n) is 13.4. The number of nitrogens with zero attached hydrogens (tertiary/aromatic N) is 3. The molecule has 1 N–H and O–H groups in total. The zero-order chi connectivity index (χ0) is 15.4. The predicted octanol–water partition coefficient (Wildman–Crippen LogP) is 2.39. The third-order valence-electron chi connectivity index (χ3n) is 5.07. The first-order chi connectivity index (χ1) is 10.7. The van der Waals surface area contributed by atoms with Crippen LogP contribution in [0.25, 0.3) is 0 Å². The molecule has 0 bridgehead atoms. The highest BCUT2D eigenvalue weighted by molar-refractivity contribution is 5.79. The van der Waals surface area contributed by atoms with Crippen LogP contribution in [-0.4, -0.2) is 35.0 Å². The monoisotopic (exact) mass is 302 g/mol. The molecule has 22 heavy (non-hydrogen) atoms. The molecule has 0 unspecified atom stereocenters. The Morgan fingerprint density at radius 2 is 1.95 bits per heavy atom. The van der Waals surface area contributed by atoms with Gasteiger partial charge in [0.25, 0.3) is 0 Å². The SMILES string of the molecule is C[C@@H]1CCCC[C@H]1NC(=O)[C@@H]1CCCN(c2ncccn2)C1. The van der Waals surface area contributed by atoms with Crippen molar-refractivity contribution >= 4 is 11.9 Å². The summed E-state index contributed by atoms with van der Waals surface area (Å²) in [4.78, 5) is 23.4. The highest BCUT2D eigenvalue weighted by atomic mass is 16.2. The van der Waals surface area contributed by atoms with Crippen LogP contribution in [0.5, 0.6) is 0 Å². The Labute approximate surface area is 132 Å². The molecule has 0 spiro atoms. The second kappa shape index (κ2) is 7.07. The van der Waals surface area contributed by atoms with E-state index in [-0.39, 0.29) is 11.8 Å². The van der Waals surface area contributed by atoms with E-state index in [1.165, 1.54) is 19.3 Å². The van der Waals surface area contributed by atoms with Crippen LogP contribution in [0.3, 0.4) is 0 Å². The summed E-state index contributed by atoms with van der Waals surface area (Å²) in [6.45, 7) is 3.93. The number of hydrogen-bond acceptors (Lipinski definition) is 4. The Bertz CT molecular complexity index is 493. The fourth-order valence-electron chi connectivity index (χ4n) is 3.66. The summed E-state index contributed by atoms with van der Waals surface area (Å²) in [5.74, 6) is 1.63. The number of nitrogens with one attached hydrogen (secondary N) is 1. The molecule has 120 valence electrons. The lowest BCUT2D eigenvalue weighted by Crippen LogP contribution is -2.48. The van der Waals surface area contributed by atoms with E-state index in [1.807, 2.05) is 6.07 Å². The number of rotatable bonds is 3. The second-order valence-electron chi connectivity index (χ2n) is 6.71.